The average molecular weight is 258 g/mol. The fourth-order valence-corrected chi connectivity index (χ4v) is 1.71. The highest BCUT2D eigenvalue weighted by Gasteiger charge is 2.01. The third-order valence-corrected chi connectivity index (χ3v) is 2.84. The Bertz CT molecular complexity index is 557. The Morgan fingerprint density at radius 1 is 1.11 bits per heavy atom. The van der Waals surface area contributed by atoms with Gasteiger partial charge in [0.25, 0.3) is 0 Å². The molecule has 1 N–H and O–H groups in total. The topological polar surface area (TPSA) is 59.9 Å². The highest BCUT2D eigenvalue weighted by Crippen LogP contribution is 2.09. The zero-order valence-corrected chi connectivity index (χ0v) is 11.5. The first kappa shape index (κ1) is 13.4. The number of anilines is 1. The van der Waals surface area contributed by atoms with Gasteiger partial charge in [-0.25, -0.2) is 4.98 Å². The van der Waals surface area contributed by atoms with E-state index in [1.54, 1.807) is 7.11 Å². The molecule has 1 aromatic carbocycles. The van der Waals surface area contributed by atoms with Crippen LogP contribution in [0.3, 0.4) is 0 Å². The van der Waals surface area contributed by atoms with E-state index in [0.717, 1.165) is 22.5 Å². The predicted molar refractivity (Wildman–Crippen MR) is 73.8 cm³/mol. The van der Waals surface area contributed by atoms with Crippen molar-refractivity contribution >= 4 is 5.95 Å². The molecule has 0 aliphatic carbocycles. The average Bonchev–Trinajstić information content (AvgIpc) is 2.41. The Morgan fingerprint density at radius 3 is 2.63 bits per heavy atom. The lowest BCUT2D eigenvalue weighted by Crippen LogP contribution is -2.07. The summed E-state index contributed by atoms with van der Waals surface area (Å²) in [5.41, 5.74) is 4.07. The standard InChI is InChI=1S/C14H18N4O/c1-10-11(2)17-18-14(16-10)15-8-12-5-4-6-13(7-12)9-19-3/h4-7H,8-9H2,1-3H3,(H,15,16,18). The second kappa shape index (κ2) is 6.24. The van der Waals surface area contributed by atoms with Crippen molar-refractivity contribution in [3.63, 3.8) is 0 Å². The van der Waals surface area contributed by atoms with Gasteiger partial charge in [-0.05, 0) is 25.0 Å². The van der Waals surface area contributed by atoms with E-state index in [-0.39, 0.29) is 0 Å². The van der Waals surface area contributed by atoms with E-state index in [9.17, 15) is 0 Å². The van der Waals surface area contributed by atoms with Crippen molar-refractivity contribution in [2.45, 2.75) is 27.0 Å². The smallest absolute Gasteiger partial charge is 0.243 e. The Labute approximate surface area is 113 Å². The summed E-state index contributed by atoms with van der Waals surface area (Å²) in [6.45, 7) is 5.11. The molecular formula is C14H18N4O. The van der Waals surface area contributed by atoms with E-state index < -0.39 is 0 Å². The van der Waals surface area contributed by atoms with Crippen LogP contribution in [0.25, 0.3) is 0 Å². The molecule has 1 heterocycles. The van der Waals surface area contributed by atoms with E-state index in [1.807, 2.05) is 26.0 Å². The lowest BCUT2D eigenvalue weighted by Gasteiger charge is -2.07. The Hall–Kier alpha value is -2.01. The molecule has 2 aromatic rings. The molecule has 0 aliphatic heterocycles. The first-order chi connectivity index (χ1) is 9.19. The number of nitrogens with one attached hydrogen (secondary N) is 1. The maximum absolute atomic E-state index is 5.12. The summed E-state index contributed by atoms with van der Waals surface area (Å²) in [5, 5.41) is 11.2. The maximum Gasteiger partial charge on any atom is 0.243 e. The molecule has 0 amide bonds. The van der Waals surface area contributed by atoms with Crippen LogP contribution in [0.15, 0.2) is 24.3 Å². The van der Waals surface area contributed by atoms with E-state index in [2.05, 4.69) is 32.6 Å². The van der Waals surface area contributed by atoms with Crippen LogP contribution < -0.4 is 5.32 Å². The Kier molecular flexibility index (Phi) is 4.41. The highest BCUT2D eigenvalue weighted by molar-refractivity contribution is 5.30. The number of methoxy groups -OCH3 is 1. The molecule has 0 saturated heterocycles. The molecule has 0 atom stereocenters. The SMILES string of the molecule is COCc1cccc(CNc2nnc(C)c(C)n2)c1. The molecule has 100 valence electrons. The number of hydrogen-bond acceptors (Lipinski definition) is 5. The third kappa shape index (κ3) is 3.72. The fraction of sp³-hybridized carbons (Fsp3) is 0.357. The number of benzene rings is 1. The second-order valence-electron chi connectivity index (χ2n) is 4.41. The van der Waals surface area contributed by atoms with Gasteiger partial charge in [0, 0.05) is 13.7 Å². The van der Waals surface area contributed by atoms with Gasteiger partial charge in [0.1, 0.15) is 0 Å². The van der Waals surface area contributed by atoms with Gasteiger partial charge in [-0.1, -0.05) is 24.3 Å². The highest BCUT2D eigenvalue weighted by atomic mass is 16.5. The summed E-state index contributed by atoms with van der Waals surface area (Å²) in [6.07, 6.45) is 0. The molecule has 2 rings (SSSR count). The van der Waals surface area contributed by atoms with Crippen LogP contribution in [0.4, 0.5) is 5.95 Å². The van der Waals surface area contributed by atoms with Gasteiger partial charge in [0.05, 0.1) is 18.0 Å². The molecule has 0 spiro atoms. The maximum atomic E-state index is 5.12. The van der Waals surface area contributed by atoms with Crippen molar-refractivity contribution in [1.29, 1.82) is 0 Å². The molecule has 0 fully saturated rings. The van der Waals surface area contributed by atoms with E-state index in [4.69, 9.17) is 4.74 Å². The molecule has 1 aromatic heterocycles. The summed E-state index contributed by atoms with van der Waals surface area (Å²) in [7, 11) is 1.69. The summed E-state index contributed by atoms with van der Waals surface area (Å²) >= 11 is 0. The minimum absolute atomic E-state index is 0.556. The normalized spacial score (nSPS) is 10.5. The summed E-state index contributed by atoms with van der Waals surface area (Å²) < 4.78 is 5.12. The van der Waals surface area contributed by atoms with Gasteiger partial charge in [-0.2, -0.15) is 5.10 Å². The largest absolute Gasteiger partial charge is 0.380 e. The number of nitrogens with zero attached hydrogens (tertiary/aromatic N) is 3. The lowest BCUT2D eigenvalue weighted by molar-refractivity contribution is 0.185. The number of ether oxygens (including phenoxy) is 1. The minimum Gasteiger partial charge on any atom is -0.380 e. The zero-order valence-electron chi connectivity index (χ0n) is 11.5. The van der Waals surface area contributed by atoms with Crippen molar-refractivity contribution in [3.8, 4) is 0 Å². The van der Waals surface area contributed by atoms with Gasteiger partial charge in [-0.3, -0.25) is 0 Å². The zero-order chi connectivity index (χ0) is 13.7. The van der Waals surface area contributed by atoms with E-state index in [1.165, 1.54) is 0 Å². The predicted octanol–water partition coefficient (Wildman–Crippen LogP) is 2.25. The monoisotopic (exact) mass is 258 g/mol. The van der Waals surface area contributed by atoms with E-state index >= 15 is 0 Å². The van der Waals surface area contributed by atoms with Crippen molar-refractivity contribution in [3.05, 3.63) is 46.8 Å². The van der Waals surface area contributed by atoms with Crippen molar-refractivity contribution in [1.82, 2.24) is 15.2 Å². The molecule has 19 heavy (non-hydrogen) atoms. The fourth-order valence-electron chi connectivity index (χ4n) is 1.71. The van der Waals surface area contributed by atoms with E-state index in [0.29, 0.717) is 19.1 Å². The van der Waals surface area contributed by atoms with Crippen LogP contribution in [0.2, 0.25) is 0 Å². The number of aryl methyl sites for hydroxylation is 2. The molecule has 0 saturated carbocycles. The first-order valence-electron chi connectivity index (χ1n) is 6.17. The van der Waals surface area contributed by atoms with Gasteiger partial charge >= 0.3 is 0 Å². The minimum atomic E-state index is 0.556. The van der Waals surface area contributed by atoms with Gasteiger partial charge in [0.2, 0.25) is 5.95 Å². The molecule has 0 unspecified atom stereocenters. The van der Waals surface area contributed by atoms with Crippen molar-refractivity contribution in [2.24, 2.45) is 0 Å². The summed E-state index contributed by atoms with van der Waals surface area (Å²) in [6, 6.07) is 8.22. The Morgan fingerprint density at radius 2 is 1.89 bits per heavy atom. The summed E-state index contributed by atoms with van der Waals surface area (Å²) in [4.78, 5) is 4.34. The van der Waals surface area contributed by atoms with Crippen LogP contribution in [0.1, 0.15) is 22.5 Å². The second-order valence-corrected chi connectivity index (χ2v) is 4.41. The van der Waals surface area contributed by atoms with Gasteiger partial charge in [0.15, 0.2) is 0 Å². The molecule has 0 radical (unpaired) electrons. The quantitative estimate of drug-likeness (QED) is 0.891. The number of aromatic nitrogens is 3. The van der Waals surface area contributed by atoms with Crippen LogP contribution >= 0.6 is 0 Å². The lowest BCUT2D eigenvalue weighted by atomic mass is 10.1. The third-order valence-electron chi connectivity index (χ3n) is 2.84. The Balaban J connectivity index is 2.01. The van der Waals surface area contributed by atoms with Crippen molar-refractivity contribution in [2.75, 3.05) is 12.4 Å². The molecule has 5 nitrogen and oxygen atoms in total. The van der Waals surface area contributed by atoms with Crippen LogP contribution in [-0.4, -0.2) is 22.3 Å². The van der Waals surface area contributed by atoms with Gasteiger partial charge in [-0.15, -0.1) is 5.10 Å². The van der Waals surface area contributed by atoms with Crippen LogP contribution in [-0.2, 0) is 17.9 Å². The van der Waals surface area contributed by atoms with Gasteiger partial charge < -0.3 is 10.1 Å². The summed E-state index contributed by atoms with van der Waals surface area (Å²) in [5.74, 6) is 0.556. The van der Waals surface area contributed by atoms with Crippen LogP contribution in [0.5, 0.6) is 0 Å². The molecule has 0 bridgehead atoms. The first-order valence-corrected chi connectivity index (χ1v) is 6.17. The number of rotatable bonds is 5. The van der Waals surface area contributed by atoms with Crippen molar-refractivity contribution < 1.29 is 4.74 Å². The molecule has 0 aliphatic rings. The van der Waals surface area contributed by atoms with Crippen LogP contribution in [0, 0.1) is 13.8 Å². The molecular weight excluding hydrogens is 240 g/mol. The number of hydrogen-bond donors (Lipinski definition) is 1. The molecule has 5 heteroatoms.